The molecule has 0 atom stereocenters. The Morgan fingerprint density at radius 3 is 2.57 bits per heavy atom. The first-order chi connectivity index (χ1) is 9.81. The number of amides is 1. The molecule has 0 saturated carbocycles. The summed E-state index contributed by atoms with van der Waals surface area (Å²) in [5, 5.41) is 14.1. The lowest BCUT2D eigenvalue weighted by atomic mass is 10.1. The number of H-pyrrole nitrogens is 1. The summed E-state index contributed by atoms with van der Waals surface area (Å²) >= 11 is 0. The highest BCUT2D eigenvalue weighted by Gasteiger charge is 2.29. The molecule has 1 aliphatic heterocycles. The van der Waals surface area contributed by atoms with E-state index < -0.39 is 26.6 Å². The van der Waals surface area contributed by atoms with Crippen LogP contribution in [0.15, 0.2) is 11.2 Å². The molecule has 2 rings (SSSR count). The average molecular weight is 316 g/mol. The first-order valence-electron chi connectivity index (χ1n) is 6.36. The van der Waals surface area contributed by atoms with Gasteiger partial charge in [-0.2, -0.15) is 5.10 Å². The van der Waals surface area contributed by atoms with Crippen LogP contribution in [0, 0.1) is 0 Å². The average Bonchev–Trinajstić information content (AvgIpc) is 2.89. The molecule has 3 N–H and O–H groups in total. The molecule has 0 radical (unpaired) electrons. The molecule has 1 amide bonds. The number of piperidine rings is 1. The van der Waals surface area contributed by atoms with Crippen LogP contribution in [-0.4, -0.2) is 59.6 Å². The smallest absolute Gasteiger partial charge is 0.340 e. The predicted molar refractivity (Wildman–Crippen MR) is 71.1 cm³/mol. The van der Waals surface area contributed by atoms with Gasteiger partial charge in [-0.15, -0.1) is 0 Å². The molecule has 1 aliphatic rings. The highest BCUT2D eigenvalue weighted by atomic mass is 32.2. The zero-order chi connectivity index (χ0) is 15.6. The van der Waals surface area contributed by atoms with E-state index in [9.17, 15) is 18.0 Å². The maximum Gasteiger partial charge on any atom is 0.340 e. The zero-order valence-corrected chi connectivity index (χ0v) is 12.2. The van der Waals surface area contributed by atoms with Crippen molar-refractivity contribution < 1.29 is 23.1 Å². The zero-order valence-electron chi connectivity index (χ0n) is 11.4. The normalized spacial score (nSPS) is 16.9. The fourth-order valence-electron chi connectivity index (χ4n) is 2.22. The Morgan fingerprint density at radius 1 is 1.43 bits per heavy atom. The van der Waals surface area contributed by atoms with Crippen molar-refractivity contribution in [2.75, 3.05) is 13.1 Å². The van der Waals surface area contributed by atoms with Gasteiger partial charge < -0.3 is 10.0 Å². The Kier molecular flexibility index (Phi) is 4.28. The van der Waals surface area contributed by atoms with Crippen LogP contribution < -0.4 is 4.72 Å². The summed E-state index contributed by atoms with van der Waals surface area (Å²) < 4.78 is 26.8. The van der Waals surface area contributed by atoms with Crippen molar-refractivity contribution >= 4 is 21.9 Å². The lowest BCUT2D eigenvalue weighted by Gasteiger charge is -2.31. The minimum absolute atomic E-state index is 0.0435. The van der Waals surface area contributed by atoms with Crippen LogP contribution >= 0.6 is 0 Å². The van der Waals surface area contributed by atoms with Crippen LogP contribution in [0.25, 0.3) is 0 Å². The van der Waals surface area contributed by atoms with E-state index in [2.05, 4.69) is 14.9 Å². The summed E-state index contributed by atoms with van der Waals surface area (Å²) in [5.74, 6) is -1.41. The van der Waals surface area contributed by atoms with E-state index in [-0.39, 0.29) is 11.9 Å². The standard InChI is InChI=1S/C11H16N4O5S/c1-7(16)15-4-2-8(3-5-15)14-21(19,20)10-9(11(17)18)6-12-13-10/h6,8,14H,2-5H2,1H3,(H,12,13)(H,17,18). The highest BCUT2D eigenvalue weighted by molar-refractivity contribution is 7.89. The molecule has 0 aromatic carbocycles. The van der Waals surface area contributed by atoms with Crippen LogP contribution in [0.2, 0.25) is 0 Å². The maximum absolute atomic E-state index is 12.2. The number of carbonyl (C=O) groups excluding carboxylic acids is 1. The van der Waals surface area contributed by atoms with Crippen molar-refractivity contribution in [3.63, 3.8) is 0 Å². The van der Waals surface area contributed by atoms with Crippen LogP contribution in [0.4, 0.5) is 0 Å². The van der Waals surface area contributed by atoms with Gasteiger partial charge in [0.05, 0.1) is 6.20 Å². The lowest BCUT2D eigenvalue weighted by molar-refractivity contribution is -0.129. The van der Waals surface area contributed by atoms with Gasteiger partial charge >= 0.3 is 5.97 Å². The minimum Gasteiger partial charge on any atom is -0.478 e. The number of hydrogen-bond donors (Lipinski definition) is 3. The molecule has 0 aliphatic carbocycles. The second-order valence-electron chi connectivity index (χ2n) is 4.82. The number of aromatic amines is 1. The van der Waals surface area contributed by atoms with Crippen molar-refractivity contribution in [3.8, 4) is 0 Å². The summed E-state index contributed by atoms with van der Waals surface area (Å²) in [4.78, 5) is 23.8. The van der Waals surface area contributed by atoms with E-state index in [1.54, 1.807) is 4.90 Å². The number of carbonyl (C=O) groups is 2. The number of carboxylic acids is 1. The van der Waals surface area contributed by atoms with Gasteiger partial charge in [0.25, 0.3) is 10.0 Å². The third-order valence-corrected chi connectivity index (χ3v) is 4.86. The van der Waals surface area contributed by atoms with E-state index in [0.717, 1.165) is 6.20 Å². The summed E-state index contributed by atoms with van der Waals surface area (Å²) in [6.07, 6.45) is 1.92. The van der Waals surface area contributed by atoms with Crippen molar-refractivity contribution in [2.24, 2.45) is 0 Å². The third-order valence-electron chi connectivity index (χ3n) is 3.37. The first kappa shape index (κ1) is 15.4. The number of carboxylic acid groups (broad SMARTS) is 1. The number of nitrogens with zero attached hydrogens (tertiary/aromatic N) is 2. The topological polar surface area (TPSA) is 132 Å². The second kappa shape index (κ2) is 5.82. The summed E-state index contributed by atoms with van der Waals surface area (Å²) in [6, 6.07) is -0.337. The number of nitrogens with one attached hydrogen (secondary N) is 2. The van der Waals surface area contributed by atoms with Crippen molar-refractivity contribution in [1.29, 1.82) is 0 Å². The van der Waals surface area contributed by atoms with E-state index in [0.29, 0.717) is 25.9 Å². The lowest BCUT2D eigenvalue weighted by Crippen LogP contribution is -2.46. The number of sulfonamides is 1. The van der Waals surface area contributed by atoms with Crippen molar-refractivity contribution in [1.82, 2.24) is 19.8 Å². The molecule has 10 heteroatoms. The highest BCUT2D eigenvalue weighted by Crippen LogP contribution is 2.16. The number of aromatic nitrogens is 2. The molecule has 1 fully saturated rings. The predicted octanol–water partition coefficient (Wildman–Crippen LogP) is -0.603. The van der Waals surface area contributed by atoms with E-state index in [1.807, 2.05) is 0 Å². The van der Waals surface area contributed by atoms with Gasteiger partial charge in [-0.1, -0.05) is 0 Å². The summed E-state index contributed by atoms with van der Waals surface area (Å²) in [7, 11) is -3.98. The van der Waals surface area contributed by atoms with Gasteiger partial charge in [-0.05, 0) is 12.8 Å². The first-order valence-corrected chi connectivity index (χ1v) is 7.84. The number of aromatic carboxylic acids is 1. The Labute approximate surface area is 121 Å². The summed E-state index contributed by atoms with van der Waals surface area (Å²) in [6.45, 7) is 2.41. The Bertz CT molecular complexity index is 645. The number of rotatable bonds is 4. The molecule has 0 bridgehead atoms. The molecule has 1 saturated heterocycles. The van der Waals surface area contributed by atoms with E-state index in [1.165, 1.54) is 6.92 Å². The monoisotopic (exact) mass is 316 g/mol. The van der Waals surface area contributed by atoms with Gasteiger partial charge in [0.15, 0.2) is 5.03 Å². The second-order valence-corrected chi connectivity index (χ2v) is 6.47. The van der Waals surface area contributed by atoms with Crippen molar-refractivity contribution in [3.05, 3.63) is 11.8 Å². The molecule has 1 aromatic rings. The fraction of sp³-hybridized carbons (Fsp3) is 0.545. The third kappa shape index (κ3) is 3.39. The van der Waals surface area contributed by atoms with Crippen molar-refractivity contribution in [2.45, 2.75) is 30.8 Å². The molecular weight excluding hydrogens is 300 g/mol. The quantitative estimate of drug-likeness (QED) is 0.679. The molecule has 116 valence electrons. The Hall–Kier alpha value is -1.94. The number of hydrogen-bond acceptors (Lipinski definition) is 5. The molecule has 0 spiro atoms. The Morgan fingerprint density at radius 2 is 2.05 bits per heavy atom. The fourth-order valence-corrected chi connectivity index (χ4v) is 3.62. The van der Waals surface area contributed by atoms with E-state index in [4.69, 9.17) is 5.11 Å². The molecular formula is C11H16N4O5S. The molecule has 21 heavy (non-hydrogen) atoms. The molecule has 0 unspecified atom stereocenters. The van der Waals surface area contributed by atoms with Crippen LogP contribution in [0.1, 0.15) is 30.1 Å². The maximum atomic E-state index is 12.2. The van der Waals surface area contributed by atoms with Gasteiger partial charge in [0, 0.05) is 26.1 Å². The van der Waals surface area contributed by atoms with E-state index >= 15 is 0 Å². The van der Waals surface area contributed by atoms with Gasteiger partial charge in [-0.25, -0.2) is 17.9 Å². The van der Waals surface area contributed by atoms with Gasteiger partial charge in [0.2, 0.25) is 5.91 Å². The number of likely N-dealkylation sites (tertiary alicyclic amines) is 1. The van der Waals surface area contributed by atoms with Crippen LogP contribution in [0.3, 0.4) is 0 Å². The molecule has 9 nitrogen and oxygen atoms in total. The Balaban J connectivity index is 2.07. The van der Waals surface area contributed by atoms with Gasteiger partial charge in [-0.3, -0.25) is 9.89 Å². The van der Waals surface area contributed by atoms with Crippen LogP contribution in [-0.2, 0) is 14.8 Å². The summed E-state index contributed by atoms with van der Waals surface area (Å²) in [5.41, 5.74) is -0.399. The molecule has 2 heterocycles. The minimum atomic E-state index is -3.98. The van der Waals surface area contributed by atoms with Crippen LogP contribution in [0.5, 0.6) is 0 Å². The SMILES string of the molecule is CC(=O)N1CCC(NS(=O)(=O)c2[nH]ncc2C(=O)O)CC1. The van der Waals surface area contributed by atoms with Gasteiger partial charge in [0.1, 0.15) is 5.56 Å². The largest absolute Gasteiger partial charge is 0.478 e. The molecule has 1 aromatic heterocycles.